The molecule has 0 saturated heterocycles. The molecule has 2 aromatic rings. The van der Waals surface area contributed by atoms with E-state index < -0.39 is 22.0 Å². The van der Waals surface area contributed by atoms with Crippen LogP contribution in [0.1, 0.15) is 37.0 Å². The van der Waals surface area contributed by atoms with Crippen molar-refractivity contribution >= 4 is 33.2 Å². The third kappa shape index (κ3) is 6.99. The minimum absolute atomic E-state index is 0.247. The number of carbonyl (C=O) groups excluding carboxylic acids is 2. The van der Waals surface area contributed by atoms with Crippen LogP contribution in [0.2, 0.25) is 0 Å². The predicted molar refractivity (Wildman–Crippen MR) is 122 cm³/mol. The maximum absolute atomic E-state index is 12.6. The fourth-order valence-corrected chi connectivity index (χ4v) is 3.19. The van der Waals surface area contributed by atoms with Crippen LogP contribution in [0, 0.1) is 0 Å². The lowest BCUT2D eigenvalue weighted by atomic mass is 10.1. The zero-order valence-corrected chi connectivity index (χ0v) is 19.0. The van der Waals surface area contributed by atoms with Gasteiger partial charge in [-0.05, 0) is 49.7 Å². The second-order valence-electron chi connectivity index (χ2n) is 7.13. The average Bonchev–Trinajstić information content (AvgIpc) is 2.73. The van der Waals surface area contributed by atoms with Crippen molar-refractivity contribution in [3.05, 3.63) is 54.1 Å². The number of para-hydroxylation sites is 1. The molecule has 0 fully saturated rings. The molecule has 0 saturated carbocycles. The van der Waals surface area contributed by atoms with Gasteiger partial charge >= 0.3 is 0 Å². The number of unbranched alkanes of at least 4 members (excludes halogenated alkanes) is 1. The highest BCUT2D eigenvalue weighted by molar-refractivity contribution is 7.92. The Labute approximate surface area is 183 Å². The van der Waals surface area contributed by atoms with Crippen molar-refractivity contribution in [3.63, 3.8) is 0 Å². The van der Waals surface area contributed by atoms with Gasteiger partial charge in [0.25, 0.3) is 11.8 Å². The van der Waals surface area contributed by atoms with Crippen molar-refractivity contribution in [2.24, 2.45) is 0 Å². The van der Waals surface area contributed by atoms with Gasteiger partial charge in [0.2, 0.25) is 10.0 Å². The molecule has 2 amide bonds. The van der Waals surface area contributed by atoms with E-state index >= 15 is 0 Å². The molecule has 0 aliphatic heterocycles. The highest BCUT2D eigenvalue weighted by atomic mass is 32.2. The molecule has 0 spiro atoms. The minimum Gasteiger partial charge on any atom is -0.481 e. The SMILES string of the molecule is CCCCNC(=O)c1ccccc1NC(=O)[C@H](C)Oc1ccc(N(C)S(C)(=O)=O)cc1. The number of ether oxygens (including phenoxy) is 1. The van der Waals surface area contributed by atoms with Gasteiger partial charge in [0, 0.05) is 13.6 Å². The molecule has 2 rings (SSSR count). The number of nitrogens with zero attached hydrogens (tertiary/aromatic N) is 1. The number of carbonyl (C=O) groups is 2. The Morgan fingerprint density at radius 1 is 1.10 bits per heavy atom. The first-order valence-corrected chi connectivity index (χ1v) is 11.9. The van der Waals surface area contributed by atoms with E-state index in [1.54, 1.807) is 55.5 Å². The molecule has 9 heteroatoms. The van der Waals surface area contributed by atoms with Gasteiger partial charge in [-0.25, -0.2) is 8.42 Å². The van der Waals surface area contributed by atoms with E-state index in [1.807, 2.05) is 6.92 Å². The summed E-state index contributed by atoms with van der Waals surface area (Å²) in [6.07, 6.45) is 2.13. The molecule has 8 nitrogen and oxygen atoms in total. The van der Waals surface area contributed by atoms with E-state index in [0.717, 1.165) is 23.4 Å². The Bertz CT molecular complexity index is 1010. The van der Waals surface area contributed by atoms with E-state index in [9.17, 15) is 18.0 Å². The van der Waals surface area contributed by atoms with E-state index in [1.165, 1.54) is 7.05 Å². The van der Waals surface area contributed by atoms with Gasteiger partial charge in [0.05, 0.1) is 23.2 Å². The Morgan fingerprint density at radius 2 is 1.74 bits per heavy atom. The first kappa shape index (κ1) is 24.2. The zero-order valence-electron chi connectivity index (χ0n) is 18.2. The summed E-state index contributed by atoms with van der Waals surface area (Å²) in [5.41, 5.74) is 1.27. The number of amides is 2. The van der Waals surface area contributed by atoms with E-state index in [-0.39, 0.29) is 5.91 Å². The van der Waals surface area contributed by atoms with Crippen LogP contribution in [-0.2, 0) is 14.8 Å². The molecule has 0 heterocycles. The van der Waals surface area contributed by atoms with Crippen molar-refractivity contribution in [3.8, 4) is 5.75 Å². The van der Waals surface area contributed by atoms with Crippen LogP contribution in [0.25, 0.3) is 0 Å². The van der Waals surface area contributed by atoms with Gasteiger partial charge in [-0.2, -0.15) is 0 Å². The summed E-state index contributed by atoms with van der Waals surface area (Å²) in [4.78, 5) is 25.0. The summed E-state index contributed by atoms with van der Waals surface area (Å²) in [5.74, 6) is -0.242. The normalized spacial score (nSPS) is 12.0. The summed E-state index contributed by atoms with van der Waals surface area (Å²) >= 11 is 0. The number of hydrogen-bond acceptors (Lipinski definition) is 5. The second kappa shape index (κ2) is 10.8. The molecule has 0 unspecified atom stereocenters. The maximum atomic E-state index is 12.6. The van der Waals surface area contributed by atoms with Crippen molar-refractivity contribution < 1.29 is 22.7 Å². The van der Waals surface area contributed by atoms with Gasteiger partial charge in [-0.1, -0.05) is 25.5 Å². The second-order valence-corrected chi connectivity index (χ2v) is 9.14. The number of benzene rings is 2. The lowest BCUT2D eigenvalue weighted by Gasteiger charge is -2.19. The summed E-state index contributed by atoms with van der Waals surface area (Å²) in [5, 5.41) is 5.58. The smallest absolute Gasteiger partial charge is 0.265 e. The van der Waals surface area contributed by atoms with Gasteiger partial charge < -0.3 is 15.4 Å². The van der Waals surface area contributed by atoms with Gasteiger partial charge in [0.1, 0.15) is 5.75 Å². The van der Waals surface area contributed by atoms with Gasteiger partial charge in [-0.15, -0.1) is 0 Å². The summed E-state index contributed by atoms with van der Waals surface area (Å²) in [7, 11) is -1.91. The first-order valence-electron chi connectivity index (χ1n) is 10.0. The Morgan fingerprint density at radius 3 is 2.35 bits per heavy atom. The van der Waals surface area contributed by atoms with Crippen LogP contribution in [0.4, 0.5) is 11.4 Å². The lowest BCUT2D eigenvalue weighted by molar-refractivity contribution is -0.122. The van der Waals surface area contributed by atoms with E-state index in [4.69, 9.17) is 4.74 Å². The van der Waals surface area contributed by atoms with Crippen LogP contribution in [0.3, 0.4) is 0 Å². The highest BCUT2D eigenvalue weighted by Crippen LogP contribution is 2.22. The van der Waals surface area contributed by atoms with Crippen LogP contribution >= 0.6 is 0 Å². The molecule has 1 atom stereocenters. The molecule has 2 aromatic carbocycles. The number of rotatable bonds is 10. The van der Waals surface area contributed by atoms with Crippen molar-refractivity contribution in [1.29, 1.82) is 0 Å². The number of sulfonamides is 1. The van der Waals surface area contributed by atoms with Crippen molar-refractivity contribution in [2.45, 2.75) is 32.8 Å². The molecule has 0 aromatic heterocycles. The fraction of sp³-hybridized carbons (Fsp3) is 0.364. The molecular weight excluding hydrogens is 418 g/mol. The van der Waals surface area contributed by atoms with Crippen molar-refractivity contribution in [2.75, 3.05) is 29.5 Å². The van der Waals surface area contributed by atoms with Gasteiger partial charge in [0.15, 0.2) is 6.10 Å². The number of hydrogen-bond donors (Lipinski definition) is 2. The van der Waals surface area contributed by atoms with Crippen LogP contribution in [-0.4, -0.2) is 46.2 Å². The Balaban J connectivity index is 2.03. The summed E-state index contributed by atoms with van der Waals surface area (Å²) < 4.78 is 30.1. The van der Waals surface area contributed by atoms with Crippen LogP contribution < -0.4 is 19.7 Å². The lowest BCUT2D eigenvalue weighted by Crippen LogP contribution is -2.32. The zero-order chi connectivity index (χ0) is 23.0. The Hall–Kier alpha value is -3.07. The molecule has 2 N–H and O–H groups in total. The largest absolute Gasteiger partial charge is 0.481 e. The monoisotopic (exact) mass is 447 g/mol. The quantitative estimate of drug-likeness (QED) is 0.545. The number of nitrogens with one attached hydrogen (secondary N) is 2. The minimum atomic E-state index is -3.36. The van der Waals surface area contributed by atoms with Crippen LogP contribution in [0.15, 0.2) is 48.5 Å². The first-order chi connectivity index (χ1) is 14.6. The fourth-order valence-electron chi connectivity index (χ4n) is 2.68. The Kier molecular flexibility index (Phi) is 8.44. The standard InChI is InChI=1S/C22H29N3O5S/c1-5-6-15-23-22(27)19-9-7-8-10-20(19)24-21(26)16(2)30-18-13-11-17(12-14-18)25(3)31(4,28)29/h7-14,16H,5-6,15H2,1-4H3,(H,23,27)(H,24,26)/t16-/m0/s1. The average molecular weight is 448 g/mol. The predicted octanol–water partition coefficient (Wildman–Crippen LogP) is 3.02. The third-order valence-electron chi connectivity index (χ3n) is 4.63. The topological polar surface area (TPSA) is 105 Å². The molecule has 0 bridgehead atoms. The molecule has 31 heavy (non-hydrogen) atoms. The van der Waals surface area contributed by atoms with Crippen molar-refractivity contribution in [1.82, 2.24) is 5.32 Å². The molecule has 0 radical (unpaired) electrons. The summed E-state index contributed by atoms with van der Waals surface area (Å²) in [6.45, 7) is 4.21. The molecule has 0 aliphatic rings. The maximum Gasteiger partial charge on any atom is 0.265 e. The summed E-state index contributed by atoms with van der Waals surface area (Å²) in [6, 6.07) is 13.2. The van der Waals surface area contributed by atoms with E-state index in [0.29, 0.717) is 29.2 Å². The number of anilines is 2. The van der Waals surface area contributed by atoms with Crippen LogP contribution in [0.5, 0.6) is 5.75 Å². The molecule has 0 aliphatic carbocycles. The third-order valence-corrected chi connectivity index (χ3v) is 5.83. The molecule has 168 valence electrons. The highest BCUT2D eigenvalue weighted by Gasteiger charge is 2.19. The molecular formula is C22H29N3O5S. The van der Waals surface area contributed by atoms with Gasteiger partial charge in [-0.3, -0.25) is 13.9 Å². The van der Waals surface area contributed by atoms with E-state index in [2.05, 4.69) is 10.6 Å².